The average molecular weight is 238 g/mol. The highest BCUT2D eigenvalue weighted by Gasteiger charge is 2.15. The van der Waals surface area contributed by atoms with Crippen molar-refractivity contribution in [1.82, 2.24) is 15.1 Å². The zero-order valence-corrected chi connectivity index (χ0v) is 9.88. The van der Waals surface area contributed by atoms with Gasteiger partial charge in [0.1, 0.15) is 4.88 Å². The van der Waals surface area contributed by atoms with Crippen LogP contribution in [0.5, 0.6) is 0 Å². The summed E-state index contributed by atoms with van der Waals surface area (Å²) in [6.07, 6.45) is 0. The van der Waals surface area contributed by atoms with Crippen LogP contribution in [0.15, 0.2) is 4.52 Å². The molecule has 0 aliphatic heterocycles. The van der Waals surface area contributed by atoms with Gasteiger partial charge in [0.2, 0.25) is 5.91 Å². The normalized spacial score (nSPS) is 10.4. The number of anilines is 1. The third kappa shape index (κ3) is 2.08. The maximum Gasteiger partial charge on any atom is 0.269 e. The molecule has 1 N–H and O–H groups in total. The van der Waals surface area contributed by atoms with Gasteiger partial charge in [-0.15, -0.1) is 0 Å². The van der Waals surface area contributed by atoms with Gasteiger partial charge in [-0.3, -0.25) is 4.79 Å². The molecule has 6 nitrogen and oxygen atoms in total. The van der Waals surface area contributed by atoms with E-state index in [0.717, 1.165) is 10.6 Å². The van der Waals surface area contributed by atoms with Gasteiger partial charge in [-0.05, 0) is 13.8 Å². The fourth-order valence-electron chi connectivity index (χ4n) is 1.19. The van der Waals surface area contributed by atoms with Gasteiger partial charge in [0.15, 0.2) is 11.0 Å². The fourth-order valence-corrected chi connectivity index (χ4v) is 2.12. The summed E-state index contributed by atoms with van der Waals surface area (Å²) in [5, 5.41) is 6.87. The highest BCUT2D eigenvalue weighted by molar-refractivity contribution is 7.19. The minimum Gasteiger partial charge on any atom is -0.333 e. The molecule has 0 fully saturated rings. The number of amides is 1. The molecule has 2 rings (SSSR count). The van der Waals surface area contributed by atoms with E-state index in [1.54, 1.807) is 6.92 Å². The van der Waals surface area contributed by atoms with Crippen LogP contribution in [0.4, 0.5) is 5.13 Å². The number of carbonyl (C=O) groups is 1. The van der Waals surface area contributed by atoms with Crippen LogP contribution < -0.4 is 5.32 Å². The minimum absolute atomic E-state index is 0.151. The van der Waals surface area contributed by atoms with Gasteiger partial charge in [-0.25, -0.2) is 4.98 Å². The Morgan fingerprint density at radius 1 is 1.38 bits per heavy atom. The Kier molecular flexibility index (Phi) is 2.69. The second kappa shape index (κ2) is 4.01. The Bertz CT molecular complexity index is 531. The van der Waals surface area contributed by atoms with Gasteiger partial charge in [-0.2, -0.15) is 4.98 Å². The number of aryl methyl sites for hydroxylation is 2. The second-order valence-corrected chi connectivity index (χ2v) is 4.26. The van der Waals surface area contributed by atoms with Crippen molar-refractivity contribution in [3.05, 3.63) is 11.5 Å². The summed E-state index contributed by atoms with van der Waals surface area (Å²) in [7, 11) is 0. The molecule has 2 aromatic rings. The van der Waals surface area contributed by atoms with E-state index < -0.39 is 0 Å². The van der Waals surface area contributed by atoms with Crippen molar-refractivity contribution >= 4 is 22.4 Å². The van der Waals surface area contributed by atoms with E-state index in [0.29, 0.717) is 16.8 Å². The molecule has 0 bridgehead atoms. The molecule has 16 heavy (non-hydrogen) atoms. The molecule has 7 heteroatoms. The smallest absolute Gasteiger partial charge is 0.269 e. The molecule has 2 heterocycles. The average Bonchev–Trinajstić information content (AvgIpc) is 2.72. The summed E-state index contributed by atoms with van der Waals surface area (Å²) in [4.78, 5) is 20.0. The molecular weight excluding hydrogens is 228 g/mol. The molecule has 84 valence electrons. The summed E-state index contributed by atoms with van der Waals surface area (Å²) in [6.45, 7) is 5.02. The van der Waals surface area contributed by atoms with E-state index in [4.69, 9.17) is 4.52 Å². The number of thiazole rings is 1. The fraction of sp³-hybridized carbons (Fsp3) is 0.333. The lowest BCUT2D eigenvalue weighted by Gasteiger charge is -1.91. The van der Waals surface area contributed by atoms with Crippen molar-refractivity contribution in [3.63, 3.8) is 0 Å². The SMILES string of the molecule is CC(=O)Nc1nc(C)c(-c2nc(C)no2)s1. The molecule has 0 radical (unpaired) electrons. The molecule has 0 saturated carbocycles. The summed E-state index contributed by atoms with van der Waals surface area (Å²) < 4.78 is 5.05. The Balaban J connectivity index is 2.35. The number of carbonyl (C=O) groups excluding carboxylic acids is 1. The van der Waals surface area contributed by atoms with E-state index in [1.807, 2.05) is 6.92 Å². The standard InChI is InChI=1S/C9H10N4O2S/c1-4-7(8-11-5(2)13-15-8)16-9(10-4)12-6(3)14/h1-3H3,(H,10,12,14). The van der Waals surface area contributed by atoms with Crippen molar-refractivity contribution in [3.8, 4) is 10.8 Å². The first-order chi connectivity index (χ1) is 7.56. The molecule has 0 aliphatic rings. The zero-order valence-electron chi connectivity index (χ0n) is 9.07. The molecule has 0 aliphatic carbocycles. The molecule has 1 amide bonds. The highest BCUT2D eigenvalue weighted by atomic mass is 32.1. The highest BCUT2D eigenvalue weighted by Crippen LogP contribution is 2.31. The van der Waals surface area contributed by atoms with E-state index in [2.05, 4.69) is 20.4 Å². The van der Waals surface area contributed by atoms with Crippen molar-refractivity contribution in [1.29, 1.82) is 0 Å². The molecule has 0 aromatic carbocycles. The van der Waals surface area contributed by atoms with Gasteiger partial charge < -0.3 is 9.84 Å². The lowest BCUT2D eigenvalue weighted by molar-refractivity contribution is -0.114. The van der Waals surface area contributed by atoms with Gasteiger partial charge in [0.25, 0.3) is 5.89 Å². The molecular formula is C9H10N4O2S. The van der Waals surface area contributed by atoms with Crippen molar-refractivity contribution < 1.29 is 9.32 Å². The number of hydrogen-bond acceptors (Lipinski definition) is 6. The largest absolute Gasteiger partial charge is 0.333 e. The third-order valence-corrected chi connectivity index (χ3v) is 2.86. The van der Waals surface area contributed by atoms with Crippen LogP contribution in [-0.2, 0) is 4.79 Å². The number of hydrogen-bond donors (Lipinski definition) is 1. The quantitative estimate of drug-likeness (QED) is 0.862. The van der Waals surface area contributed by atoms with Crippen molar-refractivity contribution in [2.75, 3.05) is 5.32 Å². The summed E-state index contributed by atoms with van der Waals surface area (Å²) in [5.41, 5.74) is 0.761. The maximum atomic E-state index is 10.9. The van der Waals surface area contributed by atoms with Crippen LogP contribution >= 0.6 is 11.3 Å². The summed E-state index contributed by atoms with van der Waals surface area (Å²) in [6, 6.07) is 0. The number of aromatic nitrogens is 3. The van der Waals surface area contributed by atoms with Crippen LogP contribution in [0.3, 0.4) is 0 Å². The van der Waals surface area contributed by atoms with E-state index in [-0.39, 0.29) is 5.91 Å². The minimum atomic E-state index is -0.151. The first kappa shape index (κ1) is 10.7. The van der Waals surface area contributed by atoms with Gasteiger partial charge in [0, 0.05) is 6.92 Å². The van der Waals surface area contributed by atoms with Gasteiger partial charge >= 0.3 is 0 Å². The lowest BCUT2D eigenvalue weighted by atomic mass is 10.4. The van der Waals surface area contributed by atoms with Crippen LogP contribution in [0.25, 0.3) is 10.8 Å². The van der Waals surface area contributed by atoms with Crippen molar-refractivity contribution in [2.24, 2.45) is 0 Å². The van der Waals surface area contributed by atoms with Gasteiger partial charge in [0.05, 0.1) is 5.69 Å². The molecule has 2 aromatic heterocycles. The van der Waals surface area contributed by atoms with Crippen LogP contribution in [-0.4, -0.2) is 21.0 Å². The second-order valence-electron chi connectivity index (χ2n) is 3.26. The van der Waals surface area contributed by atoms with E-state index in [1.165, 1.54) is 18.3 Å². The predicted octanol–water partition coefficient (Wildman–Crippen LogP) is 1.77. The first-order valence-corrected chi connectivity index (χ1v) is 5.43. The Labute approximate surface area is 95.7 Å². The summed E-state index contributed by atoms with van der Waals surface area (Å²) in [5.74, 6) is 0.856. The Morgan fingerprint density at radius 2 is 2.12 bits per heavy atom. The summed E-state index contributed by atoms with van der Waals surface area (Å²) >= 11 is 1.31. The van der Waals surface area contributed by atoms with Crippen LogP contribution in [0, 0.1) is 13.8 Å². The number of nitrogens with one attached hydrogen (secondary N) is 1. The zero-order chi connectivity index (χ0) is 11.7. The lowest BCUT2D eigenvalue weighted by Crippen LogP contribution is -2.04. The Hall–Kier alpha value is -1.76. The molecule has 0 spiro atoms. The van der Waals surface area contributed by atoms with E-state index in [9.17, 15) is 4.79 Å². The molecule has 0 saturated heterocycles. The topological polar surface area (TPSA) is 80.9 Å². The monoisotopic (exact) mass is 238 g/mol. The number of rotatable bonds is 2. The molecule has 0 unspecified atom stereocenters. The predicted molar refractivity (Wildman–Crippen MR) is 59.2 cm³/mol. The van der Waals surface area contributed by atoms with Crippen LogP contribution in [0.2, 0.25) is 0 Å². The maximum absolute atomic E-state index is 10.9. The van der Waals surface area contributed by atoms with E-state index >= 15 is 0 Å². The Morgan fingerprint density at radius 3 is 2.69 bits per heavy atom. The third-order valence-electron chi connectivity index (χ3n) is 1.80. The van der Waals surface area contributed by atoms with Crippen LogP contribution in [0.1, 0.15) is 18.4 Å². The van der Waals surface area contributed by atoms with Gasteiger partial charge in [-0.1, -0.05) is 16.5 Å². The molecule has 0 atom stereocenters. The number of nitrogens with zero attached hydrogens (tertiary/aromatic N) is 3. The van der Waals surface area contributed by atoms with Crippen molar-refractivity contribution in [2.45, 2.75) is 20.8 Å². The first-order valence-electron chi connectivity index (χ1n) is 4.62.